The highest BCUT2D eigenvalue weighted by atomic mass is 19.4. The van der Waals surface area contributed by atoms with Crippen LogP contribution in [0, 0.1) is 0 Å². The van der Waals surface area contributed by atoms with E-state index in [0.717, 1.165) is 16.8 Å². The minimum Gasteiger partial charge on any atom is -0.508 e. The van der Waals surface area contributed by atoms with Crippen LogP contribution in [0.4, 0.5) is 17.6 Å². The minimum atomic E-state index is -4.62. The Bertz CT molecular complexity index is 885. The first-order valence-electron chi connectivity index (χ1n) is 8.08. The van der Waals surface area contributed by atoms with Crippen LogP contribution >= 0.6 is 0 Å². The second-order valence-electron chi connectivity index (χ2n) is 6.33. The fourth-order valence-corrected chi connectivity index (χ4v) is 2.65. The monoisotopic (exact) mass is 384 g/mol. The van der Waals surface area contributed by atoms with Crippen LogP contribution in [0.15, 0.2) is 30.6 Å². The zero-order chi connectivity index (χ0) is 19.8. The Morgan fingerprint density at radius 1 is 1.33 bits per heavy atom. The molecule has 1 amide bonds. The SMILES string of the molecule is CCC1(F)CN(C(=O)/C=C\n2cnc(-c3cc(O)cc(C(F)(F)F)c3)n2)C1. The molecule has 1 aliphatic rings. The maximum absolute atomic E-state index is 13.8. The van der Waals surface area contributed by atoms with Crippen LogP contribution in [-0.4, -0.2) is 49.4 Å². The van der Waals surface area contributed by atoms with Crippen molar-refractivity contribution in [2.75, 3.05) is 13.1 Å². The number of alkyl halides is 4. The Hall–Kier alpha value is -2.91. The van der Waals surface area contributed by atoms with Crippen LogP contribution in [0.3, 0.4) is 0 Å². The molecule has 10 heteroatoms. The average Bonchev–Trinajstić information content (AvgIpc) is 3.04. The molecule has 1 aromatic carbocycles. The number of amides is 1. The summed E-state index contributed by atoms with van der Waals surface area (Å²) in [5.74, 6) is -1.01. The molecule has 1 N–H and O–H groups in total. The van der Waals surface area contributed by atoms with E-state index in [4.69, 9.17) is 0 Å². The lowest BCUT2D eigenvalue weighted by Gasteiger charge is -2.43. The molecule has 27 heavy (non-hydrogen) atoms. The van der Waals surface area contributed by atoms with Crippen LogP contribution in [-0.2, 0) is 11.0 Å². The Morgan fingerprint density at radius 2 is 2.04 bits per heavy atom. The van der Waals surface area contributed by atoms with Gasteiger partial charge >= 0.3 is 6.18 Å². The molecule has 0 saturated carbocycles. The van der Waals surface area contributed by atoms with Gasteiger partial charge in [0.2, 0.25) is 5.91 Å². The highest BCUT2D eigenvalue weighted by Crippen LogP contribution is 2.34. The van der Waals surface area contributed by atoms with E-state index in [-0.39, 0.29) is 24.5 Å². The molecule has 0 unspecified atom stereocenters. The van der Waals surface area contributed by atoms with Gasteiger partial charge in [0.05, 0.1) is 18.7 Å². The molecule has 2 aromatic rings. The molecule has 1 saturated heterocycles. The average molecular weight is 384 g/mol. The summed E-state index contributed by atoms with van der Waals surface area (Å²) in [6.45, 7) is 1.76. The number of likely N-dealkylation sites (tertiary alicyclic amines) is 1. The van der Waals surface area contributed by atoms with Gasteiger partial charge in [0.15, 0.2) is 5.82 Å². The quantitative estimate of drug-likeness (QED) is 0.650. The van der Waals surface area contributed by atoms with Crippen molar-refractivity contribution in [3.05, 3.63) is 36.2 Å². The molecular formula is C17H16F4N4O2. The standard InChI is InChI=1S/C17H16F4N4O2/c1-2-16(18)8-24(9-16)14(27)3-4-25-10-22-15(23-25)11-5-12(17(19,20)21)7-13(26)6-11/h3-7,10,26H,2,8-9H2,1H3/b4-3-. The van der Waals surface area contributed by atoms with E-state index in [1.807, 2.05) is 0 Å². The third-order valence-corrected chi connectivity index (χ3v) is 4.28. The molecule has 0 atom stereocenters. The van der Waals surface area contributed by atoms with Gasteiger partial charge in [0.1, 0.15) is 17.7 Å². The maximum Gasteiger partial charge on any atom is 0.416 e. The number of aromatic nitrogens is 3. The van der Waals surface area contributed by atoms with Crippen LogP contribution < -0.4 is 0 Å². The summed E-state index contributed by atoms with van der Waals surface area (Å²) in [6, 6.07) is 2.53. The topological polar surface area (TPSA) is 71.2 Å². The number of halogens is 4. The lowest BCUT2D eigenvalue weighted by atomic mass is 9.93. The number of hydrogen-bond donors (Lipinski definition) is 1. The molecule has 1 aliphatic heterocycles. The van der Waals surface area contributed by atoms with E-state index in [1.54, 1.807) is 6.92 Å². The van der Waals surface area contributed by atoms with Gasteiger partial charge in [0.25, 0.3) is 0 Å². The van der Waals surface area contributed by atoms with Gasteiger partial charge in [-0.1, -0.05) is 6.92 Å². The first-order chi connectivity index (χ1) is 12.6. The lowest BCUT2D eigenvalue weighted by molar-refractivity contribution is -0.140. The fraction of sp³-hybridized carbons (Fsp3) is 0.353. The summed E-state index contributed by atoms with van der Waals surface area (Å²) in [5, 5.41) is 13.5. The molecule has 3 rings (SSSR count). The van der Waals surface area contributed by atoms with E-state index < -0.39 is 29.1 Å². The van der Waals surface area contributed by atoms with E-state index in [1.165, 1.54) is 23.5 Å². The number of aromatic hydroxyl groups is 1. The Morgan fingerprint density at radius 3 is 2.67 bits per heavy atom. The highest BCUT2D eigenvalue weighted by molar-refractivity contribution is 5.90. The van der Waals surface area contributed by atoms with Crippen molar-refractivity contribution in [1.82, 2.24) is 19.7 Å². The molecule has 0 spiro atoms. The van der Waals surface area contributed by atoms with Crippen molar-refractivity contribution < 1.29 is 27.5 Å². The maximum atomic E-state index is 13.8. The third kappa shape index (κ3) is 4.09. The summed E-state index contributed by atoms with van der Waals surface area (Å²) in [5.41, 5.74) is -2.38. The molecular weight excluding hydrogens is 368 g/mol. The van der Waals surface area contributed by atoms with Crippen molar-refractivity contribution in [3.8, 4) is 17.1 Å². The van der Waals surface area contributed by atoms with Crippen molar-refractivity contribution in [2.24, 2.45) is 0 Å². The summed E-state index contributed by atoms with van der Waals surface area (Å²) >= 11 is 0. The number of phenols is 1. The van der Waals surface area contributed by atoms with Crippen LogP contribution in [0.1, 0.15) is 18.9 Å². The summed E-state index contributed by atoms with van der Waals surface area (Å²) < 4.78 is 53.5. The highest BCUT2D eigenvalue weighted by Gasteiger charge is 2.43. The number of carbonyl (C=O) groups is 1. The number of hydrogen-bond acceptors (Lipinski definition) is 4. The van der Waals surface area contributed by atoms with Gasteiger partial charge in [-0.05, 0) is 24.6 Å². The van der Waals surface area contributed by atoms with Gasteiger partial charge in [0, 0.05) is 17.8 Å². The third-order valence-electron chi connectivity index (χ3n) is 4.28. The van der Waals surface area contributed by atoms with Crippen molar-refractivity contribution in [1.29, 1.82) is 0 Å². The largest absolute Gasteiger partial charge is 0.508 e. The van der Waals surface area contributed by atoms with Crippen molar-refractivity contribution in [2.45, 2.75) is 25.2 Å². The van der Waals surface area contributed by atoms with Gasteiger partial charge in [-0.15, -0.1) is 5.10 Å². The summed E-state index contributed by atoms with van der Waals surface area (Å²) in [4.78, 5) is 17.1. The molecule has 1 aromatic heterocycles. The van der Waals surface area contributed by atoms with Crippen LogP contribution in [0.2, 0.25) is 0 Å². The Kier molecular flexibility index (Phi) is 4.66. The second-order valence-corrected chi connectivity index (χ2v) is 6.33. The first-order valence-corrected chi connectivity index (χ1v) is 8.08. The van der Waals surface area contributed by atoms with Gasteiger partial charge in [-0.3, -0.25) is 4.79 Å². The number of carbonyl (C=O) groups excluding carboxylic acids is 1. The molecule has 2 heterocycles. The summed E-state index contributed by atoms with van der Waals surface area (Å²) in [6.07, 6.45) is -0.633. The molecule has 0 bridgehead atoms. The van der Waals surface area contributed by atoms with Crippen LogP contribution in [0.25, 0.3) is 17.6 Å². The van der Waals surface area contributed by atoms with Crippen molar-refractivity contribution >= 4 is 12.1 Å². The number of rotatable bonds is 4. The predicted molar refractivity (Wildman–Crippen MR) is 88.2 cm³/mol. The summed E-state index contributed by atoms with van der Waals surface area (Å²) in [7, 11) is 0. The first kappa shape index (κ1) is 18.9. The van der Waals surface area contributed by atoms with Crippen LogP contribution in [0.5, 0.6) is 5.75 Å². The normalized spacial score (nSPS) is 16.6. The van der Waals surface area contributed by atoms with E-state index in [2.05, 4.69) is 10.1 Å². The number of phenolic OH excluding ortho intramolecular Hbond substituents is 1. The Balaban J connectivity index is 1.72. The minimum absolute atomic E-state index is 0.0197. The molecule has 1 fully saturated rings. The molecule has 0 aliphatic carbocycles. The predicted octanol–water partition coefficient (Wildman–Crippen LogP) is 3.10. The smallest absolute Gasteiger partial charge is 0.416 e. The molecule has 6 nitrogen and oxygen atoms in total. The zero-order valence-corrected chi connectivity index (χ0v) is 14.2. The zero-order valence-electron chi connectivity index (χ0n) is 14.2. The van der Waals surface area contributed by atoms with E-state index in [9.17, 15) is 27.5 Å². The van der Waals surface area contributed by atoms with Crippen molar-refractivity contribution in [3.63, 3.8) is 0 Å². The number of nitrogens with zero attached hydrogens (tertiary/aromatic N) is 4. The lowest BCUT2D eigenvalue weighted by Crippen LogP contribution is -2.60. The second kappa shape index (κ2) is 6.67. The molecule has 144 valence electrons. The van der Waals surface area contributed by atoms with Gasteiger partial charge in [-0.2, -0.15) is 13.2 Å². The Labute approximate surface area is 151 Å². The van der Waals surface area contributed by atoms with E-state index in [0.29, 0.717) is 12.5 Å². The van der Waals surface area contributed by atoms with Gasteiger partial charge < -0.3 is 10.0 Å². The van der Waals surface area contributed by atoms with E-state index >= 15 is 0 Å². The fourth-order valence-electron chi connectivity index (χ4n) is 2.65. The number of benzene rings is 1. The molecule has 0 radical (unpaired) electrons. The van der Waals surface area contributed by atoms with Gasteiger partial charge in [-0.25, -0.2) is 14.1 Å².